The molecule has 0 amide bonds. The summed E-state index contributed by atoms with van der Waals surface area (Å²) in [5.41, 5.74) is 10.2. The standard InChI is InChI=1S/C11H20N2O6Se2/c1-11(2,3)19-10(18)7(6(13)9(16)17)21-20-4-5(12)8(14)15/h5-7H,4,12-13H2,1-3H3,(H,14,15)(H,16,17)/t5-,6-,7?/m0/s1. The number of carbonyl (C=O) groups excluding carboxylic acids is 1. The molecule has 0 fully saturated rings. The third kappa shape index (κ3) is 8.40. The van der Waals surface area contributed by atoms with Crippen LogP contribution in [0.2, 0.25) is 10.1 Å². The van der Waals surface area contributed by atoms with E-state index in [1.165, 1.54) is 0 Å². The third-order valence-electron chi connectivity index (χ3n) is 1.99. The molecule has 0 saturated heterocycles. The van der Waals surface area contributed by atoms with Gasteiger partial charge in [0, 0.05) is 0 Å². The normalized spacial score (nSPS) is 15.9. The van der Waals surface area contributed by atoms with Crippen LogP contribution >= 0.6 is 0 Å². The Morgan fingerprint density at radius 1 is 1.14 bits per heavy atom. The van der Waals surface area contributed by atoms with E-state index in [2.05, 4.69) is 0 Å². The number of hydrogen-bond donors (Lipinski definition) is 4. The second-order valence-corrected chi connectivity index (χ2v) is 12.5. The summed E-state index contributed by atoms with van der Waals surface area (Å²) in [5, 5.41) is 17.9. The zero-order valence-electron chi connectivity index (χ0n) is 11.9. The number of hydrogen-bond acceptors (Lipinski definition) is 6. The molecule has 0 aromatic carbocycles. The quantitative estimate of drug-likeness (QED) is 0.271. The Kier molecular flexibility index (Phi) is 8.46. The second kappa shape index (κ2) is 8.72. The molecule has 0 radical (unpaired) electrons. The molecule has 0 aromatic rings. The van der Waals surface area contributed by atoms with Gasteiger partial charge in [-0.25, -0.2) is 0 Å². The van der Waals surface area contributed by atoms with Crippen LogP contribution in [0.3, 0.4) is 0 Å². The molecule has 122 valence electrons. The first kappa shape index (κ1) is 20.4. The van der Waals surface area contributed by atoms with Crippen LogP contribution < -0.4 is 11.5 Å². The van der Waals surface area contributed by atoms with Crippen molar-refractivity contribution in [3.8, 4) is 0 Å². The number of esters is 1. The minimum absolute atomic E-state index is 0.216. The summed E-state index contributed by atoms with van der Waals surface area (Å²) < 4.78 is 5.17. The van der Waals surface area contributed by atoms with Crippen molar-refractivity contribution in [3.05, 3.63) is 0 Å². The number of aliphatic carboxylic acids is 2. The molecule has 3 atom stereocenters. The van der Waals surface area contributed by atoms with Crippen LogP contribution in [-0.2, 0) is 19.1 Å². The molecule has 0 aliphatic carbocycles. The molecule has 0 heterocycles. The Morgan fingerprint density at radius 2 is 1.67 bits per heavy atom. The van der Waals surface area contributed by atoms with Gasteiger partial charge >= 0.3 is 134 Å². The van der Waals surface area contributed by atoms with Gasteiger partial charge in [0.05, 0.1) is 0 Å². The number of carboxylic acids is 2. The van der Waals surface area contributed by atoms with Crippen LogP contribution in [0.4, 0.5) is 0 Å². The zero-order chi connectivity index (χ0) is 16.8. The van der Waals surface area contributed by atoms with Crippen LogP contribution in [0.5, 0.6) is 0 Å². The van der Waals surface area contributed by atoms with Gasteiger partial charge in [0.2, 0.25) is 0 Å². The summed E-state index contributed by atoms with van der Waals surface area (Å²) in [6.45, 7) is 5.02. The predicted octanol–water partition coefficient (Wildman–Crippen LogP) is -1.32. The molecular weight excluding hydrogens is 414 g/mol. The van der Waals surface area contributed by atoms with Crippen molar-refractivity contribution in [2.45, 2.75) is 48.6 Å². The summed E-state index contributed by atoms with van der Waals surface area (Å²) in [4.78, 5) is 32.7. The maximum absolute atomic E-state index is 12.0. The Hall–Kier alpha value is -0.631. The molecule has 0 spiro atoms. The van der Waals surface area contributed by atoms with Crippen LogP contribution in [0.15, 0.2) is 0 Å². The Balaban J connectivity index is 4.72. The van der Waals surface area contributed by atoms with Gasteiger partial charge in [-0.3, -0.25) is 0 Å². The van der Waals surface area contributed by atoms with E-state index < -0.39 is 53.5 Å². The first-order valence-electron chi connectivity index (χ1n) is 5.93. The van der Waals surface area contributed by atoms with Crippen molar-refractivity contribution in [1.29, 1.82) is 0 Å². The topological polar surface area (TPSA) is 153 Å². The molecule has 0 aliphatic rings. The van der Waals surface area contributed by atoms with E-state index in [4.69, 9.17) is 26.4 Å². The van der Waals surface area contributed by atoms with E-state index in [1.54, 1.807) is 20.8 Å². The molecule has 0 bridgehead atoms. The van der Waals surface area contributed by atoms with Crippen molar-refractivity contribution >= 4 is 44.2 Å². The van der Waals surface area contributed by atoms with E-state index in [1.807, 2.05) is 0 Å². The molecule has 10 heteroatoms. The van der Waals surface area contributed by atoms with Crippen LogP contribution in [0.25, 0.3) is 0 Å². The monoisotopic (exact) mass is 436 g/mol. The van der Waals surface area contributed by atoms with Gasteiger partial charge in [-0.05, 0) is 0 Å². The number of ether oxygens (including phenoxy) is 1. The third-order valence-corrected chi connectivity index (χ3v) is 9.99. The molecule has 0 aliphatic heterocycles. The van der Waals surface area contributed by atoms with Crippen LogP contribution in [0, 0.1) is 0 Å². The van der Waals surface area contributed by atoms with E-state index in [0.717, 1.165) is 0 Å². The summed E-state index contributed by atoms with van der Waals surface area (Å²) in [6.07, 6.45) is 0. The minimum atomic E-state index is -1.36. The van der Waals surface area contributed by atoms with Gasteiger partial charge in [0.1, 0.15) is 0 Å². The van der Waals surface area contributed by atoms with E-state index in [-0.39, 0.29) is 18.5 Å². The van der Waals surface area contributed by atoms with E-state index in [9.17, 15) is 14.4 Å². The van der Waals surface area contributed by atoms with Gasteiger partial charge in [-0.1, -0.05) is 0 Å². The Morgan fingerprint density at radius 3 is 2.05 bits per heavy atom. The maximum atomic E-state index is 12.0. The van der Waals surface area contributed by atoms with Gasteiger partial charge < -0.3 is 0 Å². The van der Waals surface area contributed by atoms with Crippen molar-refractivity contribution < 1.29 is 29.3 Å². The van der Waals surface area contributed by atoms with Crippen LogP contribution in [-0.4, -0.2) is 72.1 Å². The summed E-state index contributed by atoms with van der Waals surface area (Å²) in [7, 11) is 0. The van der Waals surface area contributed by atoms with Gasteiger partial charge in [-0.2, -0.15) is 0 Å². The van der Waals surface area contributed by atoms with E-state index >= 15 is 0 Å². The van der Waals surface area contributed by atoms with Crippen molar-refractivity contribution in [3.63, 3.8) is 0 Å². The number of carboxylic acid groups (broad SMARTS) is 2. The Bertz CT molecular complexity index is 399. The average molecular weight is 434 g/mol. The first-order chi connectivity index (χ1) is 9.45. The summed E-state index contributed by atoms with van der Waals surface area (Å²) in [6, 6.07) is -2.37. The molecule has 0 aromatic heterocycles. The van der Waals surface area contributed by atoms with Gasteiger partial charge in [0.15, 0.2) is 0 Å². The molecule has 0 saturated carbocycles. The number of nitrogens with two attached hydrogens (primary N) is 2. The fraction of sp³-hybridized carbons (Fsp3) is 0.727. The molecular formula is C11H20N2O6Se2. The van der Waals surface area contributed by atoms with Crippen LogP contribution in [0.1, 0.15) is 20.8 Å². The predicted molar refractivity (Wildman–Crippen MR) is 77.1 cm³/mol. The molecule has 1 unspecified atom stereocenters. The fourth-order valence-corrected chi connectivity index (χ4v) is 9.05. The number of rotatable bonds is 8. The van der Waals surface area contributed by atoms with Crippen molar-refractivity contribution in [2.75, 3.05) is 0 Å². The second-order valence-electron chi connectivity index (χ2n) is 5.14. The average Bonchev–Trinajstić information content (AvgIpc) is 2.30. The Labute approximate surface area is 133 Å². The van der Waals surface area contributed by atoms with E-state index in [0.29, 0.717) is 0 Å². The number of carbonyl (C=O) groups is 3. The SMILES string of the molecule is CC(C)(C)OC(=O)C([Se][Se]C[C@H](N)C(=O)O)[C@H](N)C(=O)O. The van der Waals surface area contributed by atoms with Gasteiger partial charge in [-0.15, -0.1) is 0 Å². The summed E-state index contributed by atoms with van der Waals surface area (Å²) >= 11 is -0.723. The zero-order valence-corrected chi connectivity index (χ0v) is 15.4. The molecule has 6 N–H and O–H groups in total. The molecule has 8 nitrogen and oxygen atoms in total. The van der Waals surface area contributed by atoms with Gasteiger partial charge in [0.25, 0.3) is 0 Å². The first-order valence-corrected chi connectivity index (χ1v) is 12.5. The van der Waals surface area contributed by atoms with Crippen molar-refractivity contribution in [2.24, 2.45) is 11.5 Å². The summed E-state index contributed by atoms with van der Waals surface area (Å²) in [5.74, 6) is -3.07. The fourth-order valence-electron chi connectivity index (χ4n) is 0.992. The molecule has 0 rings (SSSR count). The van der Waals surface area contributed by atoms with Crippen molar-refractivity contribution in [1.82, 2.24) is 0 Å². The molecule has 21 heavy (non-hydrogen) atoms.